The van der Waals surface area contributed by atoms with Gasteiger partial charge in [-0.1, -0.05) is 0 Å². The zero-order valence-electron chi connectivity index (χ0n) is 14.4. The molecule has 1 aromatic rings. The van der Waals surface area contributed by atoms with Gasteiger partial charge in [-0.2, -0.15) is 5.10 Å². The molecule has 1 aromatic heterocycles. The Morgan fingerprint density at radius 2 is 1.86 bits per heavy atom. The Balaban J connectivity index is 1.78. The van der Waals surface area contributed by atoms with E-state index in [0.717, 1.165) is 32.5 Å². The largest absolute Gasteiger partial charge is 0.337 e. The standard InChI is InChI=1S/C17H30N4O/c1-14(2)21(15(3)4)17(22)13-19-10-6-16(7-11-19)12-20-9-5-8-18-20/h5,8-9,14-16H,6-7,10-13H2,1-4H3. The van der Waals surface area contributed by atoms with Crippen LogP contribution in [0.25, 0.3) is 0 Å². The van der Waals surface area contributed by atoms with Gasteiger partial charge in [0.2, 0.25) is 5.91 Å². The van der Waals surface area contributed by atoms with Crippen molar-refractivity contribution in [1.82, 2.24) is 19.6 Å². The molecule has 22 heavy (non-hydrogen) atoms. The van der Waals surface area contributed by atoms with E-state index < -0.39 is 0 Å². The molecular formula is C17H30N4O. The minimum absolute atomic E-state index is 0.260. The lowest BCUT2D eigenvalue weighted by molar-refractivity contribution is -0.136. The number of amides is 1. The maximum absolute atomic E-state index is 12.5. The number of likely N-dealkylation sites (tertiary alicyclic amines) is 1. The molecule has 5 nitrogen and oxygen atoms in total. The Labute approximate surface area is 134 Å². The molecule has 124 valence electrons. The van der Waals surface area contributed by atoms with E-state index in [1.54, 1.807) is 0 Å². The zero-order chi connectivity index (χ0) is 16.1. The van der Waals surface area contributed by atoms with Crippen molar-refractivity contribution in [3.63, 3.8) is 0 Å². The smallest absolute Gasteiger partial charge is 0.237 e. The summed E-state index contributed by atoms with van der Waals surface area (Å²) in [5.41, 5.74) is 0. The van der Waals surface area contributed by atoms with Crippen LogP contribution in [0.15, 0.2) is 18.5 Å². The van der Waals surface area contributed by atoms with Gasteiger partial charge in [0.1, 0.15) is 0 Å². The Morgan fingerprint density at radius 1 is 1.23 bits per heavy atom. The van der Waals surface area contributed by atoms with Crippen LogP contribution in [0.3, 0.4) is 0 Å². The first kappa shape index (κ1) is 17.0. The second-order valence-electron chi connectivity index (χ2n) is 6.94. The predicted molar refractivity (Wildman–Crippen MR) is 88.5 cm³/mol. The Kier molecular flexibility index (Phi) is 6.00. The van der Waals surface area contributed by atoms with E-state index in [2.05, 4.69) is 37.7 Å². The fourth-order valence-corrected chi connectivity index (χ4v) is 3.45. The predicted octanol–water partition coefficient (Wildman–Crippen LogP) is 2.24. The SMILES string of the molecule is CC(C)N(C(=O)CN1CCC(Cn2cccn2)CC1)C(C)C. The van der Waals surface area contributed by atoms with Crippen LogP contribution >= 0.6 is 0 Å². The van der Waals surface area contributed by atoms with Crippen LogP contribution in [-0.4, -0.2) is 57.2 Å². The molecule has 0 unspecified atom stereocenters. The minimum atomic E-state index is 0.260. The minimum Gasteiger partial charge on any atom is -0.337 e. The lowest BCUT2D eigenvalue weighted by atomic mass is 9.97. The number of piperidine rings is 1. The molecule has 0 atom stereocenters. The summed E-state index contributed by atoms with van der Waals surface area (Å²) in [5, 5.41) is 4.28. The fourth-order valence-electron chi connectivity index (χ4n) is 3.45. The molecule has 0 aromatic carbocycles. The third-order valence-electron chi connectivity index (χ3n) is 4.47. The van der Waals surface area contributed by atoms with E-state index in [4.69, 9.17) is 0 Å². The van der Waals surface area contributed by atoms with Crippen molar-refractivity contribution in [2.45, 2.75) is 59.2 Å². The Morgan fingerprint density at radius 3 is 2.36 bits per heavy atom. The van der Waals surface area contributed by atoms with Crippen molar-refractivity contribution >= 4 is 5.91 Å². The average Bonchev–Trinajstić information content (AvgIpc) is 2.93. The summed E-state index contributed by atoms with van der Waals surface area (Å²) in [7, 11) is 0. The van der Waals surface area contributed by atoms with Crippen LogP contribution in [-0.2, 0) is 11.3 Å². The number of aromatic nitrogens is 2. The molecule has 1 aliphatic heterocycles. The van der Waals surface area contributed by atoms with Gasteiger partial charge in [-0.25, -0.2) is 0 Å². The topological polar surface area (TPSA) is 41.4 Å². The van der Waals surface area contributed by atoms with Crippen molar-refractivity contribution in [2.24, 2.45) is 5.92 Å². The van der Waals surface area contributed by atoms with Gasteiger partial charge in [0.25, 0.3) is 0 Å². The molecule has 0 aliphatic carbocycles. The molecule has 1 fully saturated rings. The first-order valence-electron chi connectivity index (χ1n) is 8.48. The lowest BCUT2D eigenvalue weighted by Gasteiger charge is -2.36. The van der Waals surface area contributed by atoms with Gasteiger partial charge >= 0.3 is 0 Å². The van der Waals surface area contributed by atoms with Gasteiger partial charge in [0.05, 0.1) is 6.54 Å². The summed E-state index contributed by atoms with van der Waals surface area (Å²) in [6.45, 7) is 12.0. The average molecular weight is 306 g/mol. The molecule has 1 aliphatic rings. The quantitative estimate of drug-likeness (QED) is 0.809. The fraction of sp³-hybridized carbons (Fsp3) is 0.765. The normalized spacial score (nSPS) is 17.4. The van der Waals surface area contributed by atoms with Crippen molar-refractivity contribution in [2.75, 3.05) is 19.6 Å². The van der Waals surface area contributed by atoms with Crippen LogP contribution < -0.4 is 0 Å². The first-order chi connectivity index (χ1) is 10.5. The molecule has 2 rings (SSSR count). The monoisotopic (exact) mass is 306 g/mol. The summed E-state index contributed by atoms with van der Waals surface area (Å²) in [5.74, 6) is 0.938. The number of hydrogen-bond donors (Lipinski definition) is 0. The summed E-state index contributed by atoms with van der Waals surface area (Å²) >= 11 is 0. The molecule has 0 N–H and O–H groups in total. The van der Waals surface area contributed by atoms with Crippen LogP contribution in [0.2, 0.25) is 0 Å². The van der Waals surface area contributed by atoms with E-state index in [1.807, 2.05) is 28.0 Å². The molecule has 1 amide bonds. The summed E-state index contributed by atoms with van der Waals surface area (Å²) in [6, 6.07) is 2.51. The Bertz CT molecular complexity index is 439. The maximum Gasteiger partial charge on any atom is 0.237 e. The summed E-state index contributed by atoms with van der Waals surface area (Å²) < 4.78 is 2.02. The van der Waals surface area contributed by atoms with Crippen LogP contribution in [0.5, 0.6) is 0 Å². The second-order valence-corrected chi connectivity index (χ2v) is 6.94. The van der Waals surface area contributed by atoms with Gasteiger partial charge in [0.15, 0.2) is 0 Å². The third-order valence-corrected chi connectivity index (χ3v) is 4.47. The van der Waals surface area contributed by atoms with Gasteiger partial charge in [0, 0.05) is 31.0 Å². The van der Waals surface area contributed by atoms with Crippen LogP contribution in [0.4, 0.5) is 0 Å². The third kappa shape index (κ3) is 4.57. The number of rotatable bonds is 6. The first-order valence-corrected chi connectivity index (χ1v) is 8.48. The number of nitrogens with zero attached hydrogens (tertiary/aromatic N) is 4. The van der Waals surface area contributed by atoms with E-state index in [9.17, 15) is 4.79 Å². The summed E-state index contributed by atoms with van der Waals surface area (Å²) in [6.07, 6.45) is 6.16. The maximum atomic E-state index is 12.5. The molecule has 0 radical (unpaired) electrons. The van der Waals surface area contributed by atoms with Gasteiger partial charge in [-0.15, -0.1) is 0 Å². The van der Waals surface area contributed by atoms with E-state index >= 15 is 0 Å². The van der Waals surface area contributed by atoms with Crippen molar-refractivity contribution in [3.8, 4) is 0 Å². The highest BCUT2D eigenvalue weighted by atomic mass is 16.2. The van der Waals surface area contributed by atoms with Gasteiger partial charge in [-0.3, -0.25) is 14.4 Å². The molecule has 2 heterocycles. The molecule has 0 saturated carbocycles. The molecule has 0 spiro atoms. The molecular weight excluding hydrogens is 276 g/mol. The zero-order valence-corrected chi connectivity index (χ0v) is 14.4. The lowest BCUT2D eigenvalue weighted by Crippen LogP contribution is -2.48. The summed E-state index contributed by atoms with van der Waals surface area (Å²) in [4.78, 5) is 16.8. The molecule has 5 heteroatoms. The highest BCUT2D eigenvalue weighted by Crippen LogP contribution is 2.19. The van der Waals surface area contributed by atoms with E-state index in [1.165, 1.54) is 0 Å². The van der Waals surface area contributed by atoms with Crippen molar-refractivity contribution < 1.29 is 4.79 Å². The highest BCUT2D eigenvalue weighted by Gasteiger charge is 2.25. The molecule has 1 saturated heterocycles. The Hall–Kier alpha value is -1.36. The van der Waals surface area contributed by atoms with Crippen molar-refractivity contribution in [1.29, 1.82) is 0 Å². The number of carbonyl (C=O) groups excluding carboxylic acids is 1. The number of carbonyl (C=O) groups is 1. The van der Waals surface area contributed by atoms with Gasteiger partial charge < -0.3 is 4.90 Å². The van der Waals surface area contributed by atoms with Crippen LogP contribution in [0, 0.1) is 5.92 Å². The second kappa shape index (κ2) is 7.77. The number of hydrogen-bond acceptors (Lipinski definition) is 3. The highest BCUT2D eigenvalue weighted by molar-refractivity contribution is 5.78. The van der Waals surface area contributed by atoms with Gasteiger partial charge in [-0.05, 0) is 65.6 Å². The molecule has 0 bridgehead atoms. The van der Waals surface area contributed by atoms with Crippen LogP contribution in [0.1, 0.15) is 40.5 Å². The van der Waals surface area contributed by atoms with E-state index in [0.29, 0.717) is 12.5 Å². The van der Waals surface area contributed by atoms with E-state index in [-0.39, 0.29) is 18.0 Å². The van der Waals surface area contributed by atoms with Crippen molar-refractivity contribution in [3.05, 3.63) is 18.5 Å².